The number of aliphatic hydroxyl groups is 1. The number of hydrogen-bond acceptors (Lipinski definition) is 1. The number of aliphatic hydroxyl groups excluding tert-OH is 1. The maximum atomic E-state index is 9.35. The second-order valence-electron chi connectivity index (χ2n) is 3.47. The largest absolute Gasteiger partial charge is 0.393 e. The van der Waals surface area contributed by atoms with Gasteiger partial charge in [0.1, 0.15) is 12.1 Å². The Morgan fingerprint density at radius 3 is 2.30 bits per heavy atom. The molecule has 0 aromatic rings. The Hall–Kier alpha value is -0.340. The summed E-state index contributed by atoms with van der Waals surface area (Å²) in [6.07, 6.45) is 6.36. The first-order chi connectivity index (χ1) is 4.77. The molecule has 0 spiro atoms. The average Bonchev–Trinajstić information content (AvgIpc) is 2.20. The lowest BCUT2D eigenvalue weighted by atomic mass is 10.00. The van der Waals surface area contributed by atoms with Crippen LogP contribution in [0.4, 0.5) is 0 Å². The van der Waals surface area contributed by atoms with E-state index in [2.05, 4.69) is 19.2 Å². The summed E-state index contributed by atoms with van der Waals surface area (Å²) < 4.78 is 0. The summed E-state index contributed by atoms with van der Waals surface area (Å²) in [6.45, 7) is 0. The van der Waals surface area contributed by atoms with Crippen LogP contribution in [0.1, 0.15) is 12.8 Å². The molecule has 2 unspecified atom stereocenters. The number of quaternary nitrogens is 1. The SMILES string of the molecule is C[NH+]1C2C=CC1CC(O)C2. The molecule has 56 valence electrons. The lowest BCUT2D eigenvalue weighted by molar-refractivity contribution is -0.918. The van der Waals surface area contributed by atoms with Gasteiger partial charge in [0.2, 0.25) is 0 Å². The molecule has 0 aliphatic carbocycles. The minimum absolute atomic E-state index is 0.0475. The smallest absolute Gasteiger partial charge is 0.109 e. The first kappa shape index (κ1) is 6.38. The molecule has 2 aliphatic rings. The molecule has 2 heteroatoms. The number of likely N-dealkylation sites (N-methyl/N-ethyl adjacent to an activating group) is 1. The summed E-state index contributed by atoms with van der Waals surface area (Å²) in [5.74, 6) is 0. The number of nitrogens with one attached hydrogen (secondary N) is 1. The van der Waals surface area contributed by atoms with Gasteiger partial charge in [-0.15, -0.1) is 0 Å². The van der Waals surface area contributed by atoms with Gasteiger partial charge in [-0.05, 0) is 12.2 Å². The standard InChI is InChI=1S/C8H13NO/c1-9-6-2-3-7(9)5-8(10)4-6/h2-3,6-8,10H,4-5H2,1H3/p+1. The molecule has 0 saturated carbocycles. The normalized spacial score (nSPS) is 51.8. The Kier molecular flexibility index (Phi) is 1.32. The molecule has 2 aliphatic heterocycles. The fourth-order valence-corrected chi connectivity index (χ4v) is 2.06. The monoisotopic (exact) mass is 140 g/mol. The van der Waals surface area contributed by atoms with E-state index in [9.17, 15) is 5.11 Å². The van der Waals surface area contributed by atoms with Gasteiger partial charge in [0.05, 0.1) is 13.2 Å². The van der Waals surface area contributed by atoms with Crippen LogP contribution in [0.3, 0.4) is 0 Å². The highest BCUT2D eigenvalue weighted by molar-refractivity contribution is 5.04. The van der Waals surface area contributed by atoms with E-state index in [1.807, 2.05) is 0 Å². The molecule has 2 N–H and O–H groups in total. The van der Waals surface area contributed by atoms with Gasteiger partial charge in [0, 0.05) is 12.8 Å². The lowest BCUT2D eigenvalue weighted by Gasteiger charge is -2.30. The topological polar surface area (TPSA) is 24.7 Å². The number of rotatable bonds is 0. The molecule has 2 rings (SSSR count). The first-order valence-electron chi connectivity index (χ1n) is 3.97. The van der Waals surface area contributed by atoms with Crippen molar-refractivity contribution in [3.8, 4) is 0 Å². The van der Waals surface area contributed by atoms with E-state index in [-0.39, 0.29) is 6.10 Å². The maximum Gasteiger partial charge on any atom is 0.109 e. The highest BCUT2D eigenvalue weighted by Gasteiger charge is 2.37. The third kappa shape index (κ3) is 0.796. The summed E-state index contributed by atoms with van der Waals surface area (Å²) in [5.41, 5.74) is 0. The molecular weight excluding hydrogens is 126 g/mol. The van der Waals surface area contributed by atoms with E-state index in [0.717, 1.165) is 12.8 Å². The van der Waals surface area contributed by atoms with Crippen molar-refractivity contribution in [1.29, 1.82) is 0 Å². The van der Waals surface area contributed by atoms with Crippen molar-refractivity contribution in [2.24, 2.45) is 0 Å². The Morgan fingerprint density at radius 1 is 1.30 bits per heavy atom. The quantitative estimate of drug-likeness (QED) is 0.413. The molecule has 0 radical (unpaired) electrons. The summed E-state index contributed by atoms with van der Waals surface area (Å²) in [5, 5.41) is 9.35. The van der Waals surface area contributed by atoms with E-state index in [1.165, 1.54) is 0 Å². The number of hydrogen-bond donors (Lipinski definition) is 2. The van der Waals surface area contributed by atoms with Crippen LogP contribution in [0, 0.1) is 0 Å². The van der Waals surface area contributed by atoms with Crippen LogP contribution in [0.2, 0.25) is 0 Å². The molecular formula is C8H14NO+. The first-order valence-corrected chi connectivity index (χ1v) is 3.97. The van der Waals surface area contributed by atoms with Gasteiger partial charge in [0.25, 0.3) is 0 Å². The van der Waals surface area contributed by atoms with Crippen molar-refractivity contribution in [3.63, 3.8) is 0 Å². The highest BCUT2D eigenvalue weighted by atomic mass is 16.3. The highest BCUT2D eigenvalue weighted by Crippen LogP contribution is 2.15. The van der Waals surface area contributed by atoms with Gasteiger partial charge < -0.3 is 10.0 Å². The molecule has 2 nitrogen and oxygen atoms in total. The predicted octanol–water partition coefficient (Wildman–Crippen LogP) is -1.04. The molecule has 0 aromatic heterocycles. The van der Waals surface area contributed by atoms with E-state index >= 15 is 0 Å². The van der Waals surface area contributed by atoms with E-state index in [0.29, 0.717) is 12.1 Å². The van der Waals surface area contributed by atoms with Gasteiger partial charge in [-0.25, -0.2) is 0 Å². The Balaban J connectivity index is 2.15. The summed E-state index contributed by atoms with van der Waals surface area (Å²) in [4.78, 5) is 1.56. The van der Waals surface area contributed by atoms with Crippen molar-refractivity contribution >= 4 is 0 Å². The van der Waals surface area contributed by atoms with E-state index < -0.39 is 0 Å². The molecule has 1 fully saturated rings. The van der Waals surface area contributed by atoms with Gasteiger partial charge in [-0.3, -0.25) is 0 Å². The molecule has 10 heavy (non-hydrogen) atoms. The maximum absolute atomic E-state index is 9.35. The van der Waals surface area contributed by atoms with Crippen LogP contribution in [-0.4, -0.2) is 30.3 Å². The third-order valence-electron chi connectivity index (χ3n) is 2.80. The molecule has 2 bridgehead atoms. The van der Waals surface area contributed by atoms with Crippen LogP contribution in [0.5, 0.6) is 0 Å². The zero-order valence-electron chi connectivity index (χ0n) is 6.25. The van der Waals surface area contributed by atoms with Crippen LogP contribution in [0.25, 0.3) is 0 Å². The molecule has 2 atom stereocenters. The summed E-state index contributed by atoms with van der Waals surface area (Å²) in [6, 6.07) is 1.18. The van der Waals surface area contributed by atoms with E-state index in [1.54, 1.807) is 4.90 Å². The van der Waals surface area contributed by atoms with Crippen molar-refractivity contribution in [1.82, 2.24) is 0 Å². The molecule has 2 heterocycles. The van der Waals surface area contributed by atoms with Crippen molar-refractivity contribution < 1.29 is 10.0 Å². The van der Waals surface area contributed by atoms with Gasteiger partial charge in [-0.1, -0.05) is 0 Å². The zero-order valence-corrected chi connectivity index (χ0v) is 6.25. The van der Waals surface area contributed by atoms with Gasteiger partial charge in [0.15, 0.2) is 0 Å². The van der Waals surface area contributed by atoms with Crippen LogP contribution < -0.4 is 4.90 Å². The Labute approximate surface area is 61.1 Å². The summed E-state index contributed by atoms with van der Waals surface area (Å²) in [7, 11) is 2.21. The Morgan fingerprint density at radius 2 is 1.80 bits per heavy atom. The van der Waals surface area contributed by atoms with Crippen LogP contribution in [0.15, 0.2) is 12.2 Å². The summed E-state index contributed by atoms with van der Waals surface area (Å²) >= 11 is 0. The minimum Gasteiger partial charge on any atom is -0.393 e. The second kappa shape index (κ2) is 2.07. The van der Waals surface area contributed by atoms with Crippen molar-refractivity contribution in [3.05, 3.63) is 12.2 Å². The van der Waals surface area contributed by atoms with Crippen LogP contribution in [-0.2, 0) is 0 Å². The van der Waals surface area contributed by atoms with Crippen molar-refractivity contribution in [2.45, 2.75) is 31.0 Å². The number of piperidine rings is 1. The number of fused-ring (bicyclic) bond motifs is 2. The zero-order chi connectivity index (χ0) is 7.14. The second-order valence-corrected chi connectivity index (χ2v) is 3.47. The van der Waals surface area contributed by atoms with E-state index in [4.69, 9.17) is 0 Å². The van der Waals surface area contributed by atoms with Crippen molar-refractivity contribution in [2.75, 3.05) is 7.05 Å². The third-order valence-corrected chi connectivity index (χ3v) is 2.80. The average molecular weight is 140 g/mol. The van der Waals surface area contributed by atoms with Gasteiger partial charge >= 0.3 is 0 Å². The molecule has 1 saturated heterocycles. The molecule has 0 amide bonds. The molecule has 0 aromatic carbocycles. The van der Waals surface area contributed by atoms with Crippen LogP contribution >= 0.6 is 0 Å². The Bertz CT molecular complexity index is 151. The fraction of sp³-hybridized carbons (Fsp3) is 0.750. The minimum atomic E-state index is -0.0475. The predicted molar refractivity (Wildman–Crippen MR) is 38.8 cm³/mol. The lowest BCUT2D eigenvalue weighted by Crippen LogP contribution is -3.15. The van der Waals surface area contributed by atoms with Gasteiger partial charge in [-0.2, -0.15) is 0 Å². The fourth-order valence-electron chi connectivity index (χ4n) is 2.06.